The van der Waals surface area contributed by atoms with Crippen LogP contribution in [0, 0.1) is 11.7 Å². The quantitative estimate of drug-likeness (QED) is 0.169. The lowest BCUT2D eigenvalue weighted by Gasteiger charge is -2.47. The van der Waals surface area contributed by atoms with Gasteiger partial charge in [-0.1, -0.05) is 31.2 Å². The van der Waals surface area contributed by atoms with Gasteiger partial charge in [0.2, 0.25) is 5.91 Å². The maximum atomic E-state index is 13.6. The lowest BCUT2D eigenvalue weighted by Crippen LogP contribution is -2.57. The molecule has 2 unspecified atom stereocenters. The molecule has 2 amide bonds. The molecule has 1 saturated heterocycles. The number of rotatable bonds is 16. The first-order chi connectivity index (χ1) is 22.0. The van der Waals surface area contributed by atoms with E-state index in [1.807, 2.05) is 0 Å². The van der Waals surface area contributed by atoms with Crippen LogP contribution in [0.2, 0.25) is 0 Å². The van der Waals surface area contributed by atoms with Gasteiger partial charge in [-0.3, -0.25) is 19.2 Å². The Bertz CT molecular complexity index is 1520. The number of carbonyl (C=O) groups excluding carboxylic acids is 3. The maximum Gasteiger partial charge on any atom is 0.320 e. The second kappa shape index (κ2) is 15.7. The monoisotopic (exact) mass is 653 g/mol. The number of hydrogen-bond donors (Lipinski definition) is 4. The van der Waals surface area contributed by atoms with Crippen LogP contribution in [0.15, 0.2) is 72.8 Å². The number of benzene rings is 3. The predicted octanol–water partition coefficient (Wildman–Crippen LogP) is 3.26. The van der Waals surface area contributed by atoms with E-state index in [4.69, 9.17) is 20.3 Å². The number of methoxy groups -OCH3 is 1. The molecular weight excluding hydrogens is 617 g/mol. The molecule has 3 aromatic carbocycles. The van der Waals surface area contributed by atoms with E-state index in [0.717, 1.165) is 5.56 Å². The number of Topliss-reactive ketones (excluding diaryl/α,β-unsaturated/α-hetero) is 1. The molecule has 0 aliphatic carbocycles. The normalized spacial score (nSPS) is 17.8. The average molecular weight is 654 g/mol. The van der Waals surface area contributed by atoms with Crippen LogP contribution in [-0.2, 0) is 19.2 Å². The Balaban J connectivity index is 1.36. The summed E-state index contributed by atoms with van der Waals surface area (Å²) in [6.45, 7) is 0.914. The number of anilines is 1. The summed E-state index contributed by atoms with van der Waals surface area (Å²) in [7, 11) is 1.56. The number of aliphatic hydroxyl groups is 1. The molecule has 0 saturated carbocycles. The van der Waals surface area contributed by atoms with E-state index in [1.165, 1.54) is 36.0 Å². The molecule has 1 fully saturated rings. The van der Waals surface area contributed by atoms with Gasteiger partial charge in [0.1, 0.15) is 28.6 Å². The first-order valence-corrected chi connectivity index (χ1v) is 15.5. The number of hydrogen-bond acceptors (Lipinski definition) is 9. The van der Waals surface area contributed by atoms with E-state index in [2.05, 4.69) is 5.32 Å². The number of amides is 2. The highest BCUT2D eigenvalue weighted by atomic mass is 32.2. The summed E-state index contributed by atoms with van der Waals surface area (Å²) >= 11 is 1.33. The summed E-state index contributed by atoms with van der Waals surface area (Å²) < 4.78 is 24.4. The number of carboxylic acids is 1. The third-order valence-electron chi connectivity index (χ3n) is 7.61. The van der Waals surface area contributed by atoms with E-state index >= 15 is 0 Å². The minimum absolute atomic E-state index is 0.0889. The third-order valence-corrected chi connectivity index (χ3v) is 8.93. The summed E-state index contributed by atoms with van der Waals surface area (Å²) in [5.74, 6) is -1.96. The Kier molecular flexibility index (Phi) is 11.7. The van der Waals surface area contributed by atoms with Crippen LogP contribution >= 0.6 is 11.8 Å². The predicted molar refractivity (Wildman–Crippen MR) is 170 cm³/mol. The number of ketones is 1. The molecule has 0 spiro atoms. The number of aliphatic carboxylic acids is 1. The van der Waals surface area contributed by atoms with Gasteiger partial charge >= 0.3 is 5.97 Å². The lowest BCUT2D eigenvalue weighted by molar-refractivity contribution is -0.140. The number of thioether (sulfide) groups is 1. The van der Waals surface area contributed by atoms with E-state index in [1.54, 1.807) is 67.5 Å². The number of β-lactam (4-membered cyclic amide) rings is 1. The molecule has 46 heavy (non-hydrogen) atoms. The van der Waals surface area contributed by atoms with E-state index in [0.29, 0.717) is 22.7 Å². The molecular formula is C33H36FN3O8S. The number of carboxylic acid groups (broad SMARTS) is 1. The van der Waals surface area contributed by atoms with Gasteiger partial charge in [-0.25, -0.2) is 4.39 Å². The number of nitrogens with zero attached hydrogens (tertiary/aromatic N) is 1. The zero-order chi connectivity index (χ0) is 33.4. The minimum Gasteiger partial charge on any atom is -0.497 e. The fourth-order valence-corrected chi connectivity index (χ4v) is 6.21. The molecule has 4 rings (SSSR count). The van der Waals surface area contributed by atoms with Gasteiger partial charge in [0.25, 0.3) is 5.91 Å². The molecule has 5 N–H and O–H groups in total. The van der Waals surface area contributed by atoms with Gasteiger partial charge in [0, 0.05) is 17.9 Å². The van der Waals surface area contributed by atoms with Crippen molar-refractivity contribution in [2.24, 2.45) is 11.7 Å². The average Bonchev–Trinajstić information content (AvgIpc) is 3.05. The maximum absolute atomic E-state index is 13.6. The van der Waals surface area contributed by atoms with Crippen molar-refractivity contribution in [2.45, 2.75) is 36.8 Å². The van der Waals surface area contributed by atoms with Gasteiger partial charge in [0.15, 0.2) is 12.4 Å². The zero-order valence-electron chi connectivity index (χ0n) is 25.3. The van der Waals surface area contributed by atoms with Crippen molar-refractivity contribution >= 4 is 41.0 Å². The number of halogens is 1. The van der Waals surface area contributed by atoms with Gasteiger partial charge < -0.3 is 35.6 Å². The highest BCUT2D eigenvalue weighted by Crippen LogP contribution is 2.46. The second-order valence-corrected chi connectivity index (χ2v) is 12.1. The van der Waals surface area contributed by atoms with E-state index < -0.39 is 47.0 Å². The molecule has 3 aromatic rings. The molecule has 1 aliphatic heterocycles. The number of carbonyl (C=O) groups is 4. The van der Waals surface area contributed by atoms with Crippen molar-refractivity contribution < 1.29 is 43.3 Å². The molecule has 1 aliphatic rings. The van der Waals surface area contributed by atoms with Crippen molar-refractivity contribution in [2.75, 3.05) is 30.9 Å². The lowest BCUT2D eigenvalue weighted by atomic mass is 9.92. The van der Waals surface area contributed by atoms with Crippen molar-refractivity contribution in [3.8, 4) is 11.5 Å². The van der Waals surface area contributed by atoms with E-state index in [9.17, 15) is 28.7 Å². The highest BCUT2D eigenvalue weighted by molar-refractivity contribution is 8.00. The zero-order valence-corrected chi connectivity index (χ0v) is 26.1. The summed E-state index contributed by atoms with van der Waals surface area (Å²) in [6.07, 6.45) is -0.902. The van der Waals surface area contributed by atoms with Gasteiger partial charge in [0.05, 0.1) is 25.8 Å². The number of ether oxygens (including phenoxy) is 2. The molecule has 0 radical (unpaired) electrons. The van der Waals surface area contributed by atoms with Crippen molar-refractivity contribution in [3.05, 3.63) is 89.7 Å². The van der Waals surface area contributed by atoms with Crippen LogP contribution in [0.4, 0.5) is 10.1 Å². The second-order valence-electron chi connectivity index (χ2n) is 10.9. The van der Waals surface area contributed by atoms with Gasteiger partial charge in [-0.2, -0.15) is 0 Å². The number of aliphatic hydroxyl groups excluding tert-OH is 1. The van der Waals surface area contributed by atoms with Crippen molar-refractivity contribution in [1.29, 1.82) is 0 Å². The molecule has 244 valence electrons. The minimum atomic E-state index is -1.20. The molecule has 1 heterocycles. The van der Waals surface area contributed by atoms with Crippen LogP contribution < -0.4 is 25.4 Å². The third kappa shape index (κ3) is 8.62. The fraction of sp³-hybridized carbons (Fsp3) is 0.333. The molecule has 0 aromatic heterocycles. The molecule has 11 nitrogen and oxygen atoms in total. The Morgan fingerprint density at radius 3 is 2.26 bits per heavy atom. The number of nitrogens with two attached hydrogens (primary N) is 1. The van der Waals surface area contributed by atoms with Crippen molar-refractivity contribution in [3.63, 3.8) is 0 Å². The van der Waals surface area contributed by atoms with Crippen LogP contribution in [0.5, 0.6) is 11.5 Å². The Morgan fingerprint density at radius 1 is 1.02 bits per heavy atom. The standard InChI is InChI=1S/C33H36FN3O8S/c1-19(29(35)33(42)43)15-24(38)16-36-28(40)17-45-26-13-5-21(6-14-26)30-31(32(41)37(30)23-9-7-22(34)8-10-23)46-18-27(39)20-3-11-25(44-2)12-4-20/h3-14,19,27,29-31,39H,15-18,35H2,1-2H3,(H,36,40)(H,42,43)/t19?,27?,29-,30-,31-/m1/s1. The molecule has 5 atom stereocenters. The van der Waals surface area contributed by atoms with Crippen LogP contribution in [0.25, 0.3) is 0 Å². The van der Waals surface area contributed by atoms with Crippen molar-refractivity contribution in [1.82, 2.24) is 5.32 Å². The SMILES string of the molecule is COc1ccc(C(O)CS[C@H]2C(=O)N(c3ccc(F)cc3)[C@@H]2c2ccc(OCC(=O)NCC(=O)CC(C)[C@@H](N)C(=O)O)cc2)cc1. The summed E-state index contributed by atoms with van der Waals surface area (Å²) in [4.78, 5) is 50.2. The largest absolute Gasteiger partial charge is 0.497 e. The first-order valence-electron chi connectivity index (χ1n) is 14.5. The van der Waals surface area contributed by atoms with Gasteiger partial charge in [-0.15, -0.1) is 11.8 Å². The smallest absolute Gasteiger partial charge is 0.320 e. The van der Waals surface area contributed by atoms with E-state index in [-0.39, 0.29) is 37.0 Å². The Labute approximate surface area is 269 Å². The molecule has 13 heteroatoms. The highest BCUT2D eigenvalue weighted by Gasteiger charge is 2.49. The Morgan fingerprint density at radius 2 is 1.65 bits per heavy atom. The summed E-state index contributed by atoms with van der Waals surface area (Å²) in [6, 6.07) is 18.0. The number of nitrogens with one attached hydrogen (secondary N) is 1. The topological polar surface area (TPSA) is 168 Å². The van der Waals surface area contributed by atoms with Crippen LogP contribution in [0.3, 0.4) is 0 Å². The summed E-state index contributed by atoms with van der Waals surface area (Å²) in [5, 5.41) is 21.7. The fourth-order valence-electron chi connectivity index (χ4n) is 4.92. The molecule has 0 bridgehead atoms. The summed E-state index contributed by atoms with van der Waals surface area (Å²) in [5.41, 5.74) is 7.53. The van der Waals surface area contributed by atoms with Crippen LogP contribution in [-0.4, -0.2) is 71.1 Å². The van der Waals surface area contributed by atoms with Gasteiger partial charge in [-0.05, 0) is 65.6 Å². The van der Waals surface area contributed by atoms with Crippen LogP contribution in [0.1, 0.15) is 36.6 Å². The Hall–Kier alpha value is -4.46. The first kappa shape index (κ1) is 34.4.